The molecule has 1 aromatic carbocycles. The van der Waals surface area contributed by atoms with E-state index in [9.17, 15) is 18.9 Å². The van der Waals surface area contributed by atoms with Gasteiger partial charge >= 0.3 is 5.69 Å². The SMILES string of the molecule is COc1c(F)cc([N+](=O)[O-])c(F)c1Br. The number of ether oxygens (including phenoxy) is 1. The van der Waals surface area contributed by atoms with Gasteiger partial charge in [-0.3, -0.25) is 10.1 Å². The van der Waals surface area contributed by atoms with Gasteiger partial charge in [-0.2, -0.15) is 4.39 Å². The highest BCUT2D eigenvalue weighted by Crippen LogP contribution is 2.35. The molecular formula is C7H4BrF2NO3. The zero-order chi connectivity index (χ0) is 10.9. The molecule has 0 unspecified atom stereocenters. The first-order valence-corrected chi connectivity index (χ1v) is 4.14. The molecule has 1 aromatic rings. The number of nitro benzene ring substituents is 1. The standard InChI is InChI=1S/C7H4BrF2NO3/c1-14-7-3(9)2-4(11(12)13)6(10)5(7)8/h2H,1H3. The molecule has 1 rings (SSSR count). The number of nitrogens with zero attached hydrogens (tertiary/aromatic N) is 1. The van der Waals surface area contributed by atoms with Crippen LogP contribution in [0.25, 0.3) is 0 Å². The summed E-state index contributed by atoms with van der Waals surface area (Å²) < 4.78 is 30.3. The fourth-order valence-corrected chi connectivity index (χ4v) is 1.44. The molecule has 0 atom stereocenters. The van der Waals surface area contributed by atoms with Crippen molar-refractivity contribution in [2.75, 3.05) is 7.11 Å². The molecule has 0 N–H and O–H groups in total. The molecule has 4 nitrogen and oxygen atoms in total. The molecule has 0 aliphatic carbocycles. The van der Waals surface area contributed by atoms with Crippen molar-refractivity contribution in [3.63, 3.8) is 0 Å². The fourth-order valence-electron chi connectivity index (χ4n) is 0.886. The van der Waals surface area contributed by atoms with Crippen molar-refractivity contribution >= 4 is 21.6 Å². The number of nitro groups is 1. The van der Waals surface area contributed by atoms with E-state index in [1.807, 2.05) is 0 Å². The molecule has 0 radical (unpaired) electrons. The van der Waals surface area contributed by atoms with E-state index in [1.165, 1.54) is 0 Å². The molecule has 7 heteroatoms. The summed E-state index contributed by atoms with van der Waals surface area (Å²) >= 11 is 2.67. The average molecular weight is 268 g/mol. The lowest BCUT2D eigenvalue weighted by molar-refractivity contribution is -0.387. The maximum absolute atomic E-state index is 13.1. The second-order valence-electron chi connectivity index (χ2n) is 2.30. The van der Waals surface area contributed by atoms with Crippen LogP contribution in [0.4, 0.5) is 14.5 Å². The number of halogens is 3. The van der Waals surface area contributed by atoms with Crippen molar-refractivity contribution in [1.82, 2.24) is 0 Å². The molecule has 0 spiro atoms. The predicted molar refractivity (Wildman–Crippen MR) is 47.3 cm³/mol. The third kappa shape index (κ3) is 1.67. The van der Waals surface area contributed by atoms with Gasteiger partial charge in [0.25, 0.3) is 0 Å². The van der Waals surface area contributed by atoms with E-state index in [0.717, 1.165) is 7.11 Å². The van der Waals surface area contributed by atoms with Crippen LogP contribution in [0.2, 0.25) is 0 Å². The zero-order valence-electron chi connectivity index (χ0n) is 6.88. The Balaban J connectivity index is 3.47. The van der Waals surface area contributed by atoms with Gasteiger partial charge in [0.2, 0.25) is 5.82 Å². The normalized spacial score (nSPS) is 10.0. The summed E-state index contributed by atoms with van der Waals surface area (Å²) in [7, 11) is 1.13. The molecular weight excluding hydrogens is 264 g/mol. The number of methoxy groups -OCH3 is 1. The second-order valence-corrected chi connectivity index (χ2v) is 3.09. The molecule has 76 valence electrons. The lowest BCUT2D eigenvalue weighted by Crippen LogP contribution is -1.98. The van der Waals surface area contributed by atoms with Gasteiger partial charge in [0.1, 0.15) is 4.47 Å². The molecule has 0 aliphatic rings. The Hall–Kier alpha value is -1.24. The van der Waals surface area contributed by atoms with Crippen molar-refractivity contribution in [3.8, 4) is 5.75 Å². The van der Waals surface area contributed by atoms with Crippen LogP contribution in [0.15, 0.2) is 10.5 Å². The predicted octanol–water partition coefficient (Wildman–Crippen LogP) is 2.64. The van der Waals surface area contributed by atoms with Crippen LogP contribution >= 0.6 is 15.9 Å². The minimum Gasteiger partial charge on any atom is -0.492 e. The molecule has 0 saturated heterocycles. The number of hydrogen-bond acceptors (Lipinski definition) is 3. The van der Waals surface area contributed by atoms with Gasteiger partial charge in [0, 0.05) is 0 Å². The molecule has 0 bridgehead atoms. The average Bonchev–Trinajstić information content (AvgIpc) is 2.12. The summed E-state index contributed by atoms with van der Waals surface area (Å²) in [5, 5.41) is 10.3. The van der Waals surface area contributed by atoms with E-state index in [2.05, 4.69) is 20.7 Å². The van der Waals surface area contributed by atoms with Crippen molar-refractivity contribution in [2.45, 2.75) is 0 Å². The topological polar surface area (TPSA) is 52.4 Å². The summed E-state index contributed by atoms with van der Waals surface area (Å²) in [5.74, 6) is -2.55. The highest BCUT2D eigenvalue weighted by molar-refractivity contribution is 9.10. The fraction of sp³-hybridized carbons (Fsp3) is 0.143. The molecule has 0 aromatic heterocycles. The quantitative estimate of drug-likeness (QED) is 0.470. The van der Waals surface area contributed by atoms with Gasteiger partial charge in [-0.15, -0.1) is 0 Å². The smallest absolute Gasteiger partial charge is 0.309 e. The van der Waals surface area contributed by atoms with Crippen LogP contribution in [0.1, 0.15) is 0 Å². The zero-order valence-corrected chi connectivity index (χ0v) is 8.47. The van der Waals surface area contributed by atoms with Crippen LogP contribution in [-0.4, -0.2) is 12.0 Å². The van der Waals surface area contributed by atoms with Crippen LogP contribution in [0.3, 0.4) is 0 Å². The highest BCUT2D eigenvalue weighted by atomic mass is 79.9. The van der Waals surface area contributed by atoms with Crippen molar-refractivity contribution < 1.29 is 18.4 Å². The van der Waals surface area contributed by atoms with Gasteiger partial charge in [-0.25, -0.2) is 4.39 Å². The maximum atomic E-state index is 13.1. The van der Waals surface area contributed by atoms with E-state index < -0.39 is 32.5 Å². The monoisotopic (exact) mass is 267 g/mol. The first kappa shape index (κ1) is 10.8. The van der Waals surface area contributed by atoms with Crippen molar-refractivity contribution in [3.05, 3.63) is 32.3 Å². The summed E-state index contributed by atoms with van der Waals surface area (Å²) in [4.78, 5) is 9.25. The van der Waals surface area contributed by atoms with Gasteiger partial charge in [-0.05, 0) is 15.9 Å². The van der Waals surface area contributed by atoms with Crippen molar-refractivity contribution in [1.29, 1.82) is 0 Å². The van der Waals surface area contributed by atoms with E-state index in [-0.39, 0.29) is 0 Å². The lowest BCUT2D eigenvalue weighted by atomic mass is 10.3. The first-order chi connectivity index (χ1) is 6.49. The van der Waals surface area contributed by atoms with Crippen LogP contribution in [-0.2, 0) is 0 Å². The molecule has 0 fully saturated rings. The van der Waals surface area contributed by atoms with Gasteiger partial charge in [0.05, 0.1) is 18.1 Å². The first-order valence-electron chi connectivity index (χ1n) is 3.35. The molecule has 0 amide bonds. The second kappa shape index (κ2) is 3.87. The van der Waals surface area contributed by atoms with Gasteiger partial charge in [0.15, 0.2) is 11.6 Å². The third-order valence-electron chi connectivity index (χ3n) is 1.50. The Bertz CT molecular complexity index is 397. The Morgan fingerprint density at radius 3 is 2.57 bits per heavy atom. The minimum absolute atomic E-state index is 0.395. The summed E-state index contributed by atoms with van der Waals surface area (Å²) in [6.07, 6.45) is 0. The lowest BCUT2D eigenvalue weighted by Gasteiger charge is -2.05. The van der Waals surface area contributed by atoms with E-state index in [0.29, 0.717) is 6.07 Å². The van der Waals surface area contributed by atoms with Crippen LogP contribution in [0.5, 0.6) is 5.75 Å². The maximum Gasteiger partial charge on any atom is 0.309 e. The van der Waals surface area contributed by atoms with Crippen molar-refractivity contribution in [2.24, 2.45) is 0 Å². The van der Waals surface area contributed by atoms with Crippen LogP contribution in [0, 0.1) is 21.7 Å². The summed E-state index contributed by atoms with van der Waals surface area (Å²) in [5.41, 5.74) is -0.935. The minimum atomic E-state index is -1.16. The summed E-state index contributed by atoms with van der Waals surface area (Å²) in [6.45, 7) is 0. The molecule has 0 saturated carbocycles. The molecule has 0 aliphatic heterocycles. The molecule has 0 heterocycles. The number of rotatable bonds is 2. The van der Waals surface area contributed by atoms with E-state index in [4.69, 9.17) is 0 Å². The van der Waals surface area contributed by atoms with Crippen LogP contribution < -0.4 is 4.74 Å². The Morgan fingerprint density at radius 2 is 2.14 bits per heavy atom. The largest absolute Gasteiger partial charge is 0.492 e. The number of benzene rings is 1. The number of hydrogen-bond donors (Lipinski definition) is 0. The highest BCUT2D eigenvalue weighted by Gasteiger charge is 2.24. The third-order valence-corrected chi connectivity index (χ3v) is 2.21. The van der Waals surface area contributed by atoms with Gasteiger partial charge < -0.3 is 4.74 Å². The summed E-state index contributed by atoms with van der Waals surface area (Å²) in [6, 6.07) is 0.471. The van der Waals surface area contributed by atoms with E-state index in [1.54, 1.807) is 0 Å². The van der Waals surface area contributed by atoms with E-state index >= 15 is 0 Å². The van der Waals surface area contributed by atoms with Gasteiger partial charge in [-0.1, -0.05) is 0 Å². The Labute approximate surface area is 85.8 Å². The molecule has 14 heavy (non-hydrogen) atoms. The Morgan fingerprint density at radius 1 is 1.57 bits per heavy atom. The Kier molecular flexibility index (Phi) is 3.00.